The topological polar surface area (TPSA) is 43.1 Å². The Morgan fingerprint density at radius 2 is 2.15 bits per heavy atom. The molecule has 0 aliphatic carbocycles. The Bertz CT molecular complexity index is 203. The van der Waals surface area contributed by atoms with Crippen molar-refractivity contribution in [2.45, 2.75) is 39.5 Å². The third-order valence-corrected chi connectivity index (χ3v) is 1.68. The van der Waals surface area contributed by atoms with Gasteiger partial charge in [-0.15, -0.1) is 5.92 Å². The lowest BCUT2D eigenvalue weighted by Gasteiger charge is -1.94. The van der Waals surface area contributed by atoms with Gasteiger partial charge in [0.2, 0.25) is 6.54 Å². The first-order valence-electron chi connectivity index (χ1n) is 4.77. The van der Waals surface area contributed by atoms with Crippen LogP contribution in [0.4, 0.5) is 0 Å². The summed E-state index contributed by atoms with van der Waals surface area (Å²) in [4.78, 5) is 9.77. The molecule has 0 fully saturated rings. The molecule has 0 spiro atoms. The van der Waals surface area contributed by atoms with Gasteiger partial charge in [-0.3, -0.25) is 10.1 Å². The van der Waals surface area contributed by atoms with Crippen LogP contribution in [-0.4, -0.2) is 11.5 Å². The fourth-order valence-electron chi connectivity index (χ4n) is 0.979. The average Bonchev–Trinajstić information content (AvgIpc) is 2.02. The zero-order valence-corrected chi connectivity index (χ0v) is 8.38. The molecule has 0 aromatic heterocycles. The van der Waals surface area contributed by atoms with Gasteiger partial charge in [0.15, 0.2) is 0 Å². The van der Waals surface area contributed by atoms with E-state index in [0.717, 1.165) is 12.8 Å². The fourth-order valence-corrected chi connectivity index (χ4v) is 0.979. The Balaban J connectivity index is 3.51. The maximum absolute atomic E-state index is 10.1. The molecule has 0 saturated carbocycles. The summed E-state index contributed by atoms with van der Waals surface area (Å²) in [6.07, 6.45) is 4.36. The van der Waals surface area contributed by atoms with Gasteiger partial charge in [-0.1, -0.05) is 25.7 Å². The van der Waals surface area contributed by atoms with Crippen LogP contribution in [0.5, 0.6) is 0 Å². The van der Waals surface area contributed by atoms with E-state index in [9.17, 15) is 10.1 Å². The molecule has 0 radical (unpaired) electrons. The number of nitro groups is 1. The van der Waals surface area contributed by atoms with E-state index in [1.54, 1.807) is 6.92 Å². The van der Waals surface area contributed by atoms with Crippen molar-refractivity contribution in [1.82, 2.24) is 0 Å². The van der Waals surface area contributed by atoms with Gasteiger partial charge in [0.25, 0.3) is 0 Å². The molecule has 0 rings (SSSR count). The van der Waals surface area contributed by atoms with Crippen LogP contribution in [0.1, 0.15) is 39.5 Å². The molecule has 13 heavy (non-hydrogen) atoms. The van der Waals surface area contributed by atoms with Crippen LogP contribution in [-0.2, 0) is 0 Å². The van der Waals surface area contributed by atoms with Crippen LogP contribution in [0.25, 0.3) is 0 Å². The second-order valence-corrected chi connectivity index (χ2v) is 3.19. The Kier molecular flexibility index (Phi) is 6.99. The van der Waals surface area contributed by atoms with Crippen molar-refractivity contribution >= 4 is 0 Å². The van der Waals surface area contributed by atoms with E-state index in [0.29, 0.717) is 0 Å². The Morgan fingerprint density at radius 1 is 1.46 bits per heavy atom. The first-order chi connectivity index (χ1) is 6.16. The van der Waals surface area contributed by atoms with Gasteiger partial charge in [-0.2, -0.15) is 0 Å². The highest BCUT2D eigenvalue weighted by Gasteiger charge is 2.03. The van der Waals surface area contributed by atoms with Gasteiger partial charge in [-0.05, 0) is 13.3 Å². The van der Waals surface area contributed by atoms with E-state index >= 15 is 0 Å². The van der Waals surface area contributed by atoms with Crippen molar-refractivity contribution in [2.24, 2.45) is 5.92 Å². The van der Waals surface area contributed by atoms with Gasteiger partial charge in [-0.25, -0.2) is 0 Å². The molecule has 0 bridgehead atoms. The van der Waals surface area contributed by atoms with E-state index in [1.165, 1.54) is 12.8 Å². The average molecular weight is 183 g/mol. The van der Waals surface area contributed by atoms with Gasteiger partial charge >= 0.3 is 0 Å². The zero-order valence-electron chi connectivity index (χ0n) is 8.38. The summed E-state index contributed by atoms with van der Waals surface area (Å²) < 4.78 is 0. The second-order valence-electron chi connectivity index (χ2n) is 3.19. The van der Waals surface area contributed by atoms with Crippen molar-refractivity contribution in [3.8, 4) is 11.8 Å². The minimum absolute atomic E-state index is 0.0409. The third kappa shape index (κ3) is 8.87. The lowest BCUT2D eigenvalue weighted by atomic mass is 10.1. The molecule has 0 saturated heterocycles. The molecule has 0 aromatic carbocycles. The summed E-state index contributed by atoms with van der Waals surface area (Å²) in [5, 5.41) is 10.1. The zero-order chi connectivity index (χ0) is 10.1. The standard InChI is InChI=1S/C10H17NO2/c1-3-4-5-6-7-8-10(2)9-11(12)13/h10H,3-6,9H2,1-2H3/t10-/m1/s1. The molecule has 0 unspecified atom stereocenters. The van der Waals surface area contributed by atoms with Crippen molar-refractivity contribution in [2.75, 3.05) is 6.54 Å². The van der Waals surface area contributed by atoms with Crippen LogP contribution < -0.4 is 0 Å². The molecule has 0 aliphatic rings. The summed E-state index contributed by atoms with van der Waals surface area (Å²) >= 11 is 0. The Labute approximate surface area is 79.7 Å². The molecular weight excluding hydrogens is 166 g/mol. The van der Waals surface area contributed by atoms with Crippen LogP contribution in [0.3, 0.4) is 0 Å². The highest BCUT2D eigenvalue weighted by molar-refractivity contribution is 5.02. The molecule has 0 amide bonds. The second kappa shape index (κ2) is 7.60. The largest absolute Gasteiger partial charge is 0.264 e. The first-order valence-corrected chi connectivity index (χ1v) is 4.77. The van der Waals surface area contributed by atoms with E-state index < -0.39 is 0 Å². The van der Waals surface area contributed by atoms with Crippen molar-refractivity contribution < 1.29 is 4.92 Å². The van der Waals surface area contributed by atoms with Crippen LogP contribution in [0.2, 0.25) is 0 Å². The monoisotopic (exact) mass is 183 g/mol. The maximum Gasteiger partial charge on any atom is 0.217 e. The normalized spacial score (nSPS) is 11.5. The van der Waals surface area contributed by atoms with Crippen molar-refractivity contribution in [3.05, 3.63) is 10.1 Å². The van der Waals surface area contributed by atoms with Gasteiger partial charge in [0.05, 0.1) is 5.92 Å². The summed E-state index contributed by atoms with van der Waals surface area (Å²) in [5.74, 6) is 5.74. The number of rotatable bonds is 5. The highest BCUT2D eigenvalue weighted by Crippen LogP contribution is 1.98. The molecule has 0 aliphatic heterocycles. The highest BCUT2D eigenvalue weighted by atomic mass is 16.6. The number of hydrogen-bond acceptors (Lipinski definition) is 2. The van der Waals surface area contributed by atoms with Crippen molar-refractivity contribution in [1.29, 1.82) is 0 Å². The predicted octanol–water partition coefficient (Wildman–Crippen LogP) is 2.48. The minimum atomic E-state index is -0.314. The Morgan fingerprint density at radius 3 is 2.69 bits per heavy atom. The van der Waals surface area contributed by atoms with E-state index in [2.05, 4.69) is 18.8 Å². The quantitative estimate of drug-likeness (QED) is 0.284. The fraction of sp³-hybridized carbons (Fsp3) is 0.800. The molecule has 0 aromatic rings. The van der Waals surface area contributed by atoms with E-state index in [1.807, 2.05) is 0 Å². The third-order valence-electron chi connectivity index (χ3n) is 1.68. The lowest BCUT2D eigenvalue weighted by molar-refractivity contribution is -0.484. The number of unbranched alkanes of at least 4 members (excludes halogenated alkanes) is 3. The summed E-state index contributed by atoms with van der Waals surface area (Å²) in [6, 6.07) is 0. The summed E-state index contributed by atoms with van der Waals surface area (Å²) in [5.41, 5.74) is 0. The first kappa shape index (κ1) is 12.0. The van der Waals surface area contributed by atoms with Crippen LogP contribution in [0, 0.1) is 27.9 Å². The minimum Gasteiger partial charge on any atom is -0.264 e. The predicted molar refractivity (Wildman–Crippen MR) is 52.9 cm³/mol. The smallest absolute Gasteiger partial charge is 0.217 e. The number of nitrogens with zero attached hydrogens (tertiary/aromatic N) is 1. The maximum atomic E-state index is 10.1. The van der Waals surface area contributed by atoms with Gasteiger partial charge in [0, 0.05) is 11.3 Å². The molecule has 74 valence electrons. The Hall–Kier alpha value is -1.04. The van der Waals surface area contributed by atoms with E-state index in [4.69, 9.17) is 0 Å². The summed E-state index contributed by atoms with van der Waals surface area (Å²) in [7, 11) is 0. The molecule has 3 heteroatoms. The number of hydrogen-bond donors (Lipinski definition) is 0. The van der Waals surface area contributed by atoms with Crippen LogP contribution >= 0.6 is 0 Å². The molecule has 0 N–H and O–H groups in total. The molecular formula is C10H17NO2. The van der Waals surface area contributed by atoms with Crippen LogP contribution in [0.15, 0.2) is 0 Å². The molecule has 1 atom stereocenters. The van der Waals surface area contributed by atoms with Gasteiger partial charge < -0.3 is 0 Å². The molecule has 0 heterocycles. The lowest BCUT2D eigenvalue weighted by Crippen LogP contribution is -2.08. The van der Waals surface area contributed by atoms with Crippen molar-refractivity contribution in [3.63, 3.8) is 0 Å². The van der Waals surface area contributed by atoms with Gasteiger partial charge in [0.1, 0.15) is 0 Å². The van der Waals surface area contributed by atoms with E-state index in [-0.39, 0.29) is 17.4 Å². The molecule has 3 nitrogen and oxygen atoms in total. The summed E-state index contributed by atoms with van der Waals surface area (Å²) in [6.45, 7) is 3.89. The SMILES string of the molecule is CCCCCC#C[C@@H](C)C[N+](=O)[O-].